The van der Waals surface area contributed by atoms with Gasteiger partial charge in [-0.3, -0.25) is 0 Å². The highest BCUT2D eigenvalue weighted by Gasteiger charge is 2.46. The van der Waals surface area contributed by atoms with Crippen LogP contribution in [0.2, 0.25) is 0 Å². The van der Waals surface area contributed by atoms with Crippen molar-refractivity contribution in [3.8, 4) is 0 Å². The number of alkyl halides is 6. The molecule has 0 heterocycles. The SMILES string of the molecule is COC(F)(F)C(F)NC(F)(F)F. The second-order valence-corrected chi connectivity index (χ2v) is 1.77. The topological polar surface area (TPSA) is 21.3 Å². The zero-order valence-corrected chi connectivity index (χ0v) is 5.75. The van der Waals surface area contributed by atoms with Crippen LogP contribution in [0, 0.1) is 0 Å². The van der Waals surface area contributed by atoms with E-state index in [4.69, 9.17) is 0 Å². The molecular weight excluding hydrogens is 192 g/mol. The Kier molecular flexibility index (Phi) is 3.34. The number of methoxy groups -OCH3 is 1. The number of nitrogens with one attached hydrogen (secondary N) is 1. The van der Waals surface area contributed by atoms with E-state index in [1.165, 1.54) is 0 Å². The maximum Gasteiger partial charge on any atom is 0.459 e. The second-order valence-electron chi connectivity index (χ2n) is 1.77. The zero-order valence-electron chi connectivity index (χ0n) is 5.75. The average molecular weight is 197 g/mol. The van der Waals surface area contributed by atoms with Crippen molar-refractivity contribution < 1.29 is 31.1 Å². The number of rotatable bonds is 3. The highest BCUT2D eigenvalue weighted by atomic mass is 19.4. The molecule has 0 spiro atoms. The fourth-order valence-corrected chi connectivity index (χ4v) is 0.331. The first kappa shape index (κ1) is 11.5. The summed E-state index contributed by atoms with van der Waals surface area (Å²) < 4.78 is 72.7. The molecule has 0 aromatic heterocycles. The summed E-state index contributed by atoms with van der Waals surface area (Å²) in [7, 11) is 0.393. The maximum atomic E-state index is 12.0. The van der Waals surface area contributed by atoms with E-state index in [2.05, 4.69) is 4.74 Å². The lowest BCUT2D eigenvalue weighted by molar-refractivity contribution is -0.291. The van der Waals surface area contributed by atoms with E-state index in [9.17, 15) is 26.3 Å². The smallest absolute Gasteiger partial charge is 0.320 e. The first-order valence-corrected chi connectivity index (χ1v) is 2.60. The quantitative estimate of drug-likeness (QED) is 0.548. The largest absolute Gasteiger partial charge is 0.459 e. The van der Waals surface area contributed by atoms with Gasteiger partial charge in [0, 0.05) is 7.11 Å². The van der Waals surface area contributed by atoms with Crippen molar-refractivity contribution >= 4 is 0 Å². The third kappa shape index (κ3) is 3.77. The van der Waals surface area contributed by atoms with E-state index in [-0.39, 0.29) is 5.32 Å². The molecule has 1 N–H and O–H groups in total. The van der Waals surface area contributed by atoms with Crippen LogP contribution in [-0.2, 0) is 4.74 Å². The zero-order chi connectivity index (χ0) is 9.99. The van der Waals surface area contributed by atoms with Crippen LogP contribution in [-0.4, -0.2) is 25.8 Å². The van der Waals surface area contributed by atoms with E-state index < -0.39 is 18.7 Å². The van der Waals surface area contributed by atoms with Crippen LogP contribution in [0.15, 0.2) is 0 Å². The molecule has 0 aliphatic heterocycles. The van der Waals surface area contributed by atoms with Gasteiger partial charge < -0.3 is 4.74 Å². The highest BCUT2D eigenvalue weighted by Crippen LogP contribution is 2.23. The molecule has 0 bridgehead atoms. The Labute approximate surface area is 63.5 Å². The lowest BCUT2D eigenvalue weighted by atomic mass is 10.5. The van der Waals surface area contributed by atoms with Crippen molar-refractivity contribution in [1.82, 2.24) is 5.32 Å². The van der Waals surface area contributed by atoms with Crippen molar-refractivity contribution in [2.24, 2.45) is 0 Å². The minimum atomic E-state index is -5.21. The number of hydrogen-bond donors (Lipinski definition) is 1. The summed E-state index contributed by atoms with van der Waals surface area (Å²) in [5.41, 5.74) is 0. The van der Waals surface area contributed by atoms with Gasteiger partial charge in [-0.2, -0.15) is 27.3 Å². The normalized spacial score (nSPS) is 16.2. The molecule has 0 aliphatic carbocycles. The van der Waals surface area contributed by atoms with E-state index >= 15 is 0 Å². The predicted octanol–water partition coefficient (Wildman–Crippen LogP) is 1.63. The summed E-state index contributed by atoms with van der Waals surface area (Å²) >= 11 is 0. The number of ether oxygens (including phenoxy) is 1. The lowest BCUT2D eigenvalue weighted by Gasteiger charge is -2.20. The lowest BCUT2D eigenvalue weighted by Crippen LogP contribution is -2.49. The van der Waals surface area contributed by atoms with Crippen molar-refractivity contribution in [2.75, 3.05) is 7.11 Å². The summed E-state index contributed by atoms with van der Waals surface area (Å²) in [4.78, 5) is 0. The van der Waals surface area contributed by atoms with Crippen LogP contribution in [0.25, 0.3) is 0 Å². The Morgan fingerprint density at radius 1 is 1.17 bits per heavy atom. The predicted molar refractivity (Wildman–Crippen MR) is 26.0 cm³/mol. The fourth-order valence-electron chi connectivity index (χ4n) is 0.331. The highest BCUT2D eigenvalue weighted by molar-refractivity contribution is 4.65. The van der Waals surface area contributed by atoms with Gasteiger partial charge in [0.05, 0.1) is 0 Å². The molecule has 74 valence electrons. The van der Waals surface area contributed by atoms with Crippen LogP contribution in [0.4, 0.5) is 26.3 Å². The Balaban J connectivity index is 4.13. The summed E-state index contributed by atoms with van der Waals surface area (Å²) in [6.45, 7) is 0. The average Bonchev–Trinajstić information content (AvgIpc) is 1.84. The van der Waals surface area contributed by atoms with Gasteiger partial charge in [-0.1, -0.05) is 0 Å². The molecule has 2 nitrogen and oxygen atoms in total. The summed E-state index contributed by atoms with van der Waals surface area (Å²) in [6, 6.07) is 0. The second kappa shape index (κ2) is 3.48. The third-order valence-electron chi connectivity index (χ3n) is 0.858. The molecule has 0 saturated carbocycles. The molecule has 12 heavy (non-hydrogen) atoms. The van der Waals surface area contributed by atoms with Crippen LogP contribution < -0.4 is 5.32 Å². The van der Waals surface area contributed by atoms with Crippen molar-refractivity contribution in [2.45, 2.75) is 18.7 Å². The first-order chi connectivity index (χ1) is 5.19. The molecule has 8 heteroatoms. The van der Waals surface area contributed by atoms with E-state index in [0.29, 0.717) is 7.11 Å². The molecule has 0 saturated heterocycles. The maximum absolute atomic E-state index is 12.0. The fraction of sp³-hybridized carbons (Fsp3) is 1.00. The van der Waals surface area contributed by atoms with Gasteiger partial charge in [-0.25, -0.2) is 4.39 Å². The first-order valence-electron chi connectivity index (χ1n) is 2.60. The van der Waals surface area contributed by atoms with Crippen molar-refractivity contribution in [1.29, 1.82) is 0 Å². The summed E-state index contributed by atoms with van der Waals surface area (Å²) in [5.74, 6) is 0. The van der Waals surface area contributed by atoms with Gasteiger partial charge in [-0.15, -0.1) is 0 Å². The molecule has 0 fully saturated rings. The van der Waals surface area contributed by atoms with Crippen molar-refractivity contribution in [3.63, 3.8) is 0 Å². The molecule has 0 aromatic carbocycles. The van der Waals surface area contributed by atoms with Gasteiger partial charge in [0.1, 0.15) is 0 Å². The molecule has 1 unspecified atom stereocenters. The van der Waals surface area contributed by atoms with Crippen LogP contribution >= 0.6 is 0 Å². The number of halogens is 6. The number of hydrogen-bond acceptors (Lipinski definition) is 2. The molecule has 0 aromatic rings. The minimum Gasteiger partial charge on any atom is -0.320 e. The Morgan fingerprint density at radius 2 is 1.58 bits per heavy atom. The molecule has 0 aliphatic rings. The van der Waals surface area contributed by atoms with E-state index in [0.717, 1.165) is 0 Å². The van der Waals surface area contributed by atoms with Gasteiger partial charge in [0.2, 0.25) is 6.30 Å². The van der Waals surface area contributed by atoms with Crippen molar-refractivity contribution in [3.05, 3.63) is 0 Å². The Hall–Kier alpha value is -0.500. The van der Waals surface area contributed by atoms with Crippen LogP contribution in [0.5, 0.6) is 0 Å². The monoisotopic (exact) mass is 197 g/mol. The van der Waals surface area contributed by atoms with Gasteiger partial charge in [-0.05, 0) is 0 Å². The van der Waals surface area contributed by atoms with Gasteiger partial charge in [0.15, 0.2) is 0 Å². The van der Waals surface area contributed by atoms with E-state index in [1.54, 1.807) is 0 Å². The van der Waals surface area contributed by atoms with Gasteiger partial charge >= 0.3 is 12.4 Å². The molecule has 0 rings (SSSR count). The standard InChI is InChI=1S/C4H5F6NO/c1-12-3(6,7)2(5)11-4(8,9)10/h2,11H,1H3. The Morgan fingerprint density at radius 3 is 1.83 bits per heavy atom. The Bertz CT molecular complexity index is 145. The van der Waals surface area contributed by atoms with Crippen LogP contribution in [0.1, 0.15) is 0 Å². The minimum absolute atomic E-state index is 0.0686. The molecule has 0 radical (unpaired) electrons. The summed E-state index contributed by atoms with van der Waals surface area (Å²) in [6.07, 6.45) is -13.3. The van der Waals surface area contributed by atoms with Gasteiger partial charge in [0.25, 0.3) is 0 Å². The summed E-state index contributed by atoms with van der Waals surface area (Å²) in [5, 5.41) is 0.0686. The molecular formula is C4H5F6NO. The van der Waals surface area contributed by atoms with E-state index in [1.807, 2.05) is 0 Å². The third-order valence-corrected chi connectivity index (χ3v) is 0.858. The molecule has 1 atom stereocenters. The van der Waals surface area contributed by atoms with Crippen LogP contribution in [0.3, 0.4) is 0 Å². The molecule has 0 amide bonds.